The van der Waals surface area contributed by atoms with E-state index in [0.717, 1.165) is 25.0 Å². The lowest BCUT2D eigenvalue weighted by molar-refractivity contribution is 0.391. The average Bonchev–Trinajstić information content (AvgIpc) is 3.47. The van der Waals surface area contributed by atoms with E-state index >= 15 is 0 Å². The van der Waals surface area contributed by atoms with Gasteiger partial charge in [0.1, 0.15) is 11.5 Å². The molecule has 0 spiro atoms. The van der Waals surface area contributed by atoms with Crippen LogP contribution in [0.5, 0.6) is 11.5 Å². The topological polar surface area (TPSA) is 93.7 Å². The largest absolute Gasteiger partial charge is 0.497 e. The maximum Gasteiger partial charge on any atom is 0.266 e. The summed E-state index contributed by atoms with van der Waals surface area (Å²) in [6.45, 7) is 0.0190. The highest BCUT2D eigenvalue weighted by atomic mass is 35.5. The Balaban J connectivity index is 1.45. The molecule has 2 aromatic heterocycles. The van der Waals surface area contributed by atoms with Crippen LogP contribution >= 0.6 is 22.9 Å². The molecule has 11 heteroatoms. The molecule has 0 amide bonds. The minimum absolute atomic E-state index is 0.00858. The molecule has 2 aromatic carbocycles. The van der Waals surface area contributed by atoms with E-state index in [4.69, 9.17) is 21.1 Å². The smallest absolute Gasteiger partial charge is 0.266 e. The second-order valence-corrected chi connectivity index (χ2v) is 11.9. The minimum atomic E-state index is -4.01. The number of rotatable bonds is 9. The van der Waals surface area contributed by atoms with Gasteiger partial charge < -0.3 is 14.8 Å². The summed E-state index contributed by atoms with van der Waals surface area (Å²) < 4.78 is 39.9. The van der Waals surface area contributed by atoms with E-state index in [-0.39, 0.29) is 17.5 Å². The van der Waals surface area contributed by atoms with Crippen molar-refractivity contribution in [2.45, 2.75) is 36.7 Å². The third-order valence-corrected chi connectivity index (χ3v) is 9.45. The van der Waals surface area contributed by atoms with Crippen LogP contribution in [0.15, 0.2) is 71.2 Å². The van der Waals surface area contributed by atoms with Gasteiger partial charge in [0.25, 0.3) is 10.0 Å². The summed E-state index contributed by atoms with van der Waals surface area (Å²) >= 11 is 7.87. The lowest BCUT2D eigenvalue weighted by Gasteiger charge is -2.27. The van der Waals surface area contributed by atoms with Crippen molar-refractivity contribution in [2.75, 3.05) is 23.8 Å². The number of anilines is 2. The van der Waals surface area contributed by atoms with Crippen LogP contribution in [0.3, 0.4) is 0 Å². The molecule has 1 atom stereocenters. The molecule has 1 aliphatic carbocycles. The lowest BCUT2D eigenvalue weighted by atomic mass is 9.92. The van der Waals surface area contributed by atoms with Gasteiger partial charge in [0.2, 0.25) is 0 Å². The van der Waals surface area contributed by atoms with E-state index in [9.17, 15) is 8.42 Å². The van der Waals surface area contributed by atoms with E-state index in [1.165, 1.54) is 34.4 Å². The molecule has 0 aliphatic heterocycles. The summed E-state index contributed by atoms with van der Waals surface area (Å²) in [6, 6.07) is 14.1. The molecule has 38 heavy (non-hydrogen) atoms. The minimum Gasteiger partial charge on any atom is -0.497 e. The van der Waals surface area contributed by atoms with E-state index in [2.05, 4.69) is 21.4 Å². The molecule has 0 fully saturated rings. The van der Waals surface area contributed by atoms with E-state index in [0.29, 0.717) is 32.9 Å². The molecule has 0 bridgehead atoms. The zero-order chi connectivity index (χ0) is 26.7. The van der Waals surface area contributed by atoms with Crippen LogP contribution in [-0.4, -0.2) is 32.6 Å². The number of aromatic nitrogens is 2. The third kappa shape index (κ3) is 5.29. The zero-order valence-electron chi connectivity index (χ0n) is 20.9. The first-order valence-corrected chi connectivity index (χ1v) is 14.7. The summed E-state index contributed by atoms with van der Waals surface area (Å²) in [6.07, 6.45) is 6.32. The number of hydrogen-bond donors (Lipinski definition) is 1. The van der Waals surface area contributed by atoms with Gasteiger partial charge in [0, 0.05) is 29.4 Å². The molecule has 0 saturated heterocycles. The Morgan fingerprint density at radius 2 is 1.97 bits per heavy atom. The van der Waals surface area contributed by atoms with Crippen molar-refractivity contribution in [2.24, 2.45) is 0 Å². The molecule has 2 heterocycles. The third-order valence-electron chi connectivity index (χ3n) is 6.49. The van der Waals surface area contributed by atoms with E-state index in [1.807, 2.05) is 6.07 Å². The maximum absolute atomic E-state index is 13.9. The van der Waals surface area contributed by atoms with Crippen molar-refractivity contribution >= 4 is 43.8 Å². The zero-order valence-corrected chi connectivity index (χ0v) is 23.3. The lowest BCUT2D eigenvalue weighted by Crippen LogP contribution is -2.30. The number of sulfonamides is 1. The van der Waals surface area contributed by atoms with Crippen molar-refractivity contribution in [3.8, 4) is 11.5 Å². The summed E-state index contributed by atoms with van der Waals surface area (Å²) in [4.78, 5) is 8.92. The molecule has 0 saturated carbocycles. The van der Waals surface area contributed by atoms with Crippen molar-refractivity contribution in [1.29, 1.82) is 0 Å². The predicted molar refractivity (Wildman–Crippen MR) is 150 cm³/mol. The quantitative estimate of drug-likeness (QED) is 0.260. The Labute approximate surface area is 231 Å². The first-order valence-electron chi connectivity index (χ1n) is 12.0. The highest BCUT2D eigenvalue weighted by Gasteiger charge is 2.29. The van der Waals surface area contributed by atoms with Gasteiger partial charge in [-0.1, -0.05) is 17.7 Å². The molecule has 5 rings (SSSR count). The number of fused-ring (bicyclic) bond motifs is 1. The van der Waals surface area contributed by atoms with Gasteiger partial charge in [-0.3, -0.25) is 4.98 Å². The number of ether oxygens (including phenoxy) is 2. The van der Waals surface area contributed by atoms with Gasteiger partial charge in [-0.05, 0) is 61.2 Å². The SMILES string of the molecule is COc1ccc(CN(c2nccs2)S(=O)(=O)c2ccc(NC3CCCc4cccnc43)c(Cl)c2)c(OC)c1. The number of halogens is 1. The second kappa shape index (κ2) is 11.2. The molecular formula is C27H27ClN4O4S2. The molecule has 1 unspecified atom stereocenters. The molecule has 198 valence electrons. The van der Waals surface area contributed by atoms with E-state index in [1.54, 1.807) is 55.2 Å². The molecule has 1 N–H and O–H groups in total. The highest BCUT2D eigenvalue weighted by Crippen LogP contribution is 2.36. The molecule has 4 aromatic rings. The number of thiazole rings is 1. The monoisotopic (exact) mass is 570 g/mol. The fourth-order valence-corrected chi connectivity index (χ4v) is 7.16. The van der Waals surface area contributed by atoms with Gasteiger partial charge in [0.05, 0.1) is 48.1 Å². The summed E-state index contributed by atoms with van der Waals surface area (Å²) in [7, 11) is -0.918. The van der Waals surface area contributed by atoms with Gasteiger partial charge in [0.15, 0.2) is 5.13 Å². The van der Waals surface area contributed by atoms with Crippen LogP contribution in [0.4, 0.5) is 10.8 Å². The average molecular weight is 571 g/mol. The number of nitrogens with one attached hydrogen (secondary N) is 1. The maximum atomic E-state index is 13.9. The van der Waals surface area contributed by atoms with Gasteiger partial charge >= 0.3 is 0 Å². The van der Waals surface area contributed by atoms with Crippen molar-refractivity contribution in [1.82, 2.24) is 9.97 Å². The number of nitrogens with zero attached hydrogens (tertiary/aromatic N) is 3. The molecule has 1 aliphatic rings. The van der Waals surface area contributed by atoms with Crippen LogP contribution in [0.1, 0.15) is 35.7 Å². The van der Waals surface area contributed by atoms with Gasteiger partial charge in [-0.15, -0.1) is 11.3 Å². The van der Waals surface area contributed by atoms with Crippen LogP contribution in [0, 0.1) is 0 Å². The first kappa shape index (κ1) is 26.3. The Bertz CT molecular complexity index is 1530. The van der Waals surface area contributed by atoms with E-state index < -0.39 is 10.0 Å². The molecule has 0 radical (unpaired) electrons. The normalized spacial score (nSPS) is 15.0. The van der Waals surface area contributed by atoms with Crippen molar-refractivity contribution in [3.05, 3.63) is 88.1 Å². The standard InChI is InChI=1S/C27H27ClN4O4S2/c1-35-20-9-8-19(25(15-20)36-2)17-32(27-30-13-14-37-27)38(33,34)21-10-11-23(22(28)16-21)31-24-7-3-5-18-6-4-12-29-26(18)24/h4,6,8-16,24,31H,3,5,7,17H2,1-2H3. The predicted octanol–water partition coefficient (Wildman–Crippen LogP) is 6.09. The molecular weight excluding hydrogens is 544 g/mol. The number of aryl methyl sites for hydroxylation is 1. The summed E-state index contributed by atoms with van der Waals surface area (Å²) in [5, 5.41) is 5.85. The number of pyridine rings is 1. The van der Waals surface area contributed by atoms with Crippen molar-refractivity contribution in [3.63, 3.8) is 0 Å². The first-order chi connectivity index (χ1) is 18.4. The Morgan fingerprint density at radius 3 is 2.71 bits per heavy atom. The van der Waals surface area contributed by atoms with Crippen LogP contribution < -0.4 is 19.1 Å². The Morgan fingerprint density at radius 1 is 1.11 bits per heavy atom. The van der Waals surface area contributed by atoms with Crippen molar-refractivity contribution < 1.29 is 17.9 Å². The second-order valence-electron chi connectivity index (χ2n) is 8.78. The Kier molecular flexibility index (Phi) is 7.73. The summed E-state index contributed by atoms with van der Waals surface area (Å²) in [5.41, 5.74) is 3.56. The van der Waals surface area contributed by atoms with Gasteiger partial charge in [-0.25, -0.2) is 17.7 Å². The van der Waals surface area contributed by atoms with Crippen LogP contribution in [-0.2, 0) is 23.0 Å². The van der Waals surface area contributed by atoms with Gasteiger partial charge in [-0.2, -0.15) is 0 Å². The highest BCUT2D eigenvalue weighted by molar-refractivity contribution is 7.93. The van der Waals surface area contributed by atoms with Crippen LogP contribution in [0.2, 0.25) is 5.02 Å². The van der Waals surface area contributed by atoms with Crippen LogP contribution in [0.25, 0.3) is 0 Å². The molecule has 8 nitrogen and oxygen atoms in total. The fraction of sp³-hybridized carbons (Fsp3) is 0.259. The Hall–Kier alpha value is -3.34. The number of benzene rings is 2. The fourth-order valence-electron chi connectivity index (χ4n) is 4.57. The number of hydrogen-bond acceptors (Lipinski definition) is 8. The number of methoxy groups -OCH3 is 2. The summed E-state index contributed by atoms with van der Waals surface area (Å²) in [5.74, 6) is 1.12.